The average molecular weight is 381 g/mol. The number of nitrogens with zero attached hydrogens (tertiary/aromatic N) is 1. The van der Waals surface area contributed by atoms with Crippen molar-refractivity contribution in [3.63, 3.8) is 0 Å². The van der Waals surface area contributed by atoms with Crippen LogP contribution in [0.2, 0.25) is 0 Å². The molecule has 2 heterocycles. The third kappa shape index (κ3) is 4.57. The van der Waals surface area contributed by atoms with Crippen molar-refractivity contribution in [1.29, 1.82) is 0 Å². The first-order chi connectivity index (χ1) is 13.7. The van der Waals surface area contributed by atoms with Crippen molar-refractivity contribution >= 4 is 17.3 Å². The molecule has 148 valence electrons. The monoisotopic (exact) mass is 381 g/mol. The topological polar surface area (TPSA) is 62.8 Å². The van der Waals surface area contributed by atoms with E-state index in [1.807, 2.05) is 30.3 Å². The smallest absolute Gasteiger partial charge is 0.238 e. The molecule has 0 saturated carbocycles. The van der Waals surface area contributed by atoms with E-state index in [4.69, 9.17) is 9.47 Å². The number of amides is 1. The Hall–Kier alpha value is -2.73. The molecule has 0 atom stereocenters. The van der Waals surface area contributed by atoms with Gasteiger partial charge in [-0.1, -0.05) is 13.0 Å². The van der Waals surface area contributed by atoms with Gasteiger partial charge in [-0.2, -0.15) is 0 Å². The van der Waals surface area contributed by atoms with E-state index in [1.165, 1.54) is 18.5 Å². The predicted molar refractivity (Wildman–Crippen MR) is 110 cm³/mol. The molecule has 6 nitrogen and oxygen atoms in total. The average Bonchev–Trinajstić information content (AvgIpc) is 3.17. The molecule has 0 radical (unpaired) electrons. The van der Waals surface area contributed by atoms with Crippen LogP contribution in [0, 0.1) is 5.92 Å². The first-order valence-corrected chi connectivity index (χ1v) is 9.91. The third-order valence-electron chi connectivity index (χ3n) is 5.35. The zero-order valence-corrected chi connectivity index (χ0v) is 16.2. The lowest BCUT2D eigenvalue weighted by Crippen LogP contribution is -2.32. The van der Waals surface area contributed by atoms with Gasteiger partial charge in [-0.3, -0.25) is 4.79 Å². The highest BCUT2D eigenvalue weighted by Crippen LogP contribution is 2.32. The maximum atomic E-state index is 12.2. The van der Waals surface area contributed by atoms with Gasteiger partial charge < -0.3 is 25.0 Å². The Morgan fingerprint density at radius 2 is 1.82 bits per heavy atom. The molecule has 1 amide bonds. The van der Waals surface area contributed by atoms with Crippen molar-refractivity contribution in [3.05, 3.63) is 48.0 Å². The molecule has 0 aliphatic carbocycles. The van der Waals surface area contributed by atoms with Gasteiger partial charge in [0.15, 0.2) is 11.5 Å². The van der Waals surface area contributed by atoms with Crippen LogP contribution in [0.4, 0.5) is 11.4 Å². The normalized spacial score (nSPS) is 16.2. The quantitative estimate of drug-likeness (QED) is 0.803. The lowest BCUT2D eigenvalue weighted by atomic mass is 9.99. The van der Waals surface area contributed by atoms with E-state index in [0.717, 1.165) is 41.8 Å². The first-order valence-electron chi connectivity index (χ1n) is 9.91. The SMILES string of the molecule is CC1CCN(c2ccc(NC(=O)CNCc3ccc4c(c3)OCO4)cc2)CC1. The molecule has 2 aromatic rings. The van der Waals surface area contributed by atoms with Gasteiger partial charge in [-0.25, -0.2) is 0 Å². The fourth-order valence-corrected chi connectivity index (χ4v) is 3.60. The largest absolute Gasteiger partial charge is 0.454 e. The number of piperidine rings is 1. The maximum Gasteiger partial charge on any atom is 0.238 e. The van der Waals surface area contributed by atoms with Crippen LogP contribution < -0.4 is 25.0 Å². The zero-order chi connectivity index (χ0) is 19.3. The summed E-state index contributed by atoms with van der Waals surface area (Å²) in [6.45, 7) is 5.64. The van der Waals surface area contributed by atoms with Gasteiger partial charge in [0.2, 0.25) is 12.7 Å². The minimum Gasteiger partial charge on any atom is -0.454 e. The van der Waals surface area contributed by atoms with E-state index in [-0.39, 0.29) is 19.2 Å². The summed E-state index contributed by atoms with van der Waals surface area (Å²) in [6.07, 6.45) is 2.49. The molecule has 6 heteroatoms. The van der Waals surface area contributed by atoms with Crippen LogP contribution in [0.15, 0.2) is 42.5 Å². The summed E-state index contributed by atoms with van der Waals surface area (Å²) < 4.78 is 10.7. The summed E-state index contributed by atoms with van der Waals surface area (Å²) in [5.41, 5.74) is 3.10. The van der Waals surface area contributed by atoms with Crippen LogP contribution in [0.3, 0.4) is 0 Å². The Morgan fingerprint density at radius 3 is 2.61 bits per heavy atom. The van der Waals surface area contributed by atoms with E-state index in [9.17, 15) is 4.79 Å². The van der Waals surface area contributed by atoms with Gasteiger partial charge in [-0.05, 0) is 60.7 Å². The van der Waals surface area contributed by atoms with Gasteiger partial charge >= 0.3 is 0 Å². The minimum absolute atomic E-state index is 0.0553. The number of carbonyl (C=O) groups is 1. The van der Waals surface area contributed by atoms with Gasteiger partial charge in [0.05, 0.1) is 6.54 Å². The van der Waals surface area contributed by atoms with Crippen molar-refractivity contribution < 1.29 is 14.3 Å². The van der Waals surface area contributed by atoms with Crippen molar-refractivity contribution in [1.82, 2.24) is 5.32 Å². The number of fused-ring (bicyclic) bond motifs is 1. The van der Waals surface area contributed by atoms with Gasteiger partial charge in [0.25, 0.3) is 0 Å². The summed E-state index contributed by atoms with van der Waals surface area (Å²) in [7, 11) is 0. The lowest BCUT2D eigenvalue weighted by molar-refractivity contribution is -0.115. The molecule has 1 fully saturated rings. The molecule has 0 unspecified atom stereocenters. The molecule has 0 bridgehead atoms. The van der Waals surface area contributed by atoms with Crippen molar-refractivity contribution in [3.8, 4) is 11.5 Å². The van der Waals surface area contributed by atoms with Crippen LogP contribution in [0.5, 0.6) is 11.5 Å². The number of rotatable bonds is 6. The van der Waals surface area contributed by atoms with Crippen molar-refractivity contribution in [2.24, 2.45) is 5.92 Å². The van der Waals surface area contributed by atoms with Gasteiger partial charge in [0, 0.05) is 31.0 Å². The molecular weight excluding hydrogens is 354 g/mol. The van der Waals surface area contributed by atoms with Crippen molar-refractivity contribution in [2.45, 2.75) is 26.3 Å². The Bertz CT molecular complexity index is 814. The lowest BCUT2D eigenvalue weighted by Gasteiger charge is -2.32. The Labute approximate surface area is 165 Å². The number of hydrogen-bond donors (Lipinski definition) is 2. The second kappa shape index (κ2) is 8.52. The Kier molecular flexibility index (Phi) is 5.67. The van der Waals surface area contributed by atoms with Crippen LogP contribution in [-0.4, -0.2) is 32.3 Å². The fraction of sp³-hybridized carbons (Fsp3) is 0.409. The molecular formula is C22H27N3O3. The molecule has 4 rings (SSSR count). The van der Waals surface area contributed by atoms with E-state index in [1.54, 1.807) is 0 Å². The molecule has 2 aliphatic heterocycles. The number of anilines is 2. The minimum atomic E-state index is -0.0553. The number of nitrogens with one attached hydrogen (secondary N) is 2. The fourth-order valence-electron chi connectivity index (χ4n) is 3.60. The summed E-state index contributed by atoms with van der Waals surface area (Å²) in [6, 6.07) is 13.9. The van der Waals surface area contributed by atoms with E-state index in [0.29, 0.717) is 6.54 Å². The summed E-state index contributed by atoms with van der Waals surface area (Å²) in [5.74, 6) is 2.29. The highest BCUT2D eigenvalue weighted by atomic mass is 16.7. The van der Waals surface area contributed by atoms with E-state index in [2.05, 4.69) is 34.6 Å². The van der Waals surface area contributed by atoms with Crippen LogP contribution >= 0.6 is 0 Å². The number of benzene rings is 2. The summed E-state index contributed by atoms with van der Waals surface area (Å²) >= 11 is 0. The maximum absolute atomic E-state index is 12.2. The van der Waals surface area contributed by atoms with Gasteiger partial charge in [0.1, 0.15) is 0 Å². The van der Waals surface area contributed by atoms with Crippen LogP contribution in [0.1, 0.15) is 25.3 Å². The predicted octanol–water partition coefficient (Wildman–Crippen LogP) is 3.38. The molecule has 1 saturated heterocycles. The third-order valence-corrected chi connectivity index (χ3v) is 5.35. The molecule has 2 N–H and O–H groups in total. The van der Waals surface area contributed by atoms with Crippen molar-refractivity contribution in [2.75, 3.05) is 36.6 Å². The van der Waals surface area contributed by atoms with E-state index >= 15 is 0 Å². The molecule has 2 aromatic carbocycles. The second-order valence-electron chi connectivity index (χ2n) is 7.56. The standard InChI is InChI=1S/C22H27N3O3/c1-16-8-10-25(11-9-16)19-5-3-18(4-6-19)24-22(26)14-23-13-17-2-7-20-21(12-17)28-15-27-20/h2-7,12,16,23H,8-11,13-15H2,1H3,(H,24,26). The second-order valence-corrected chi connectivity index (χ2v) is 7.56. The van der Waals surface area contributed by atoms with Gasteiger partial charge in [-0.15, -0.1) is 0 Å². The molecule has 0 aromatic heterocycles. The van der Waals surface area contributed by atoms with Crippen LogP contribution in [0.25, 0.3) is 0 Å². The highest BCUT2D eigenvalue weighted by Gasteiger charge is 2.16. The summed E-state index contributed by atoms with van der Waals surface area (Å²) in [5, 5.41) is 6.11. The molecule has 0 spiro atoms. The van der Waals surface area contributed by atoms with Crippen LogP contribution in [-0.2, 0) is 11.3 Å². The highest BCUT2D eigenvalue weighted by molar-refractivity contribution is 5.92. The summed E-state index contributed by atoms with van der Waals surface area (Å²) in [4.78, 5) is 14.6. The number of carbonyl (C=O) groups excluding carboxylic acids is 1. The molecule has 2 aliphatic rings. The number of hydrogen-bond acceptors (Lipinski definition) is 5. The van der Waals surface area contributed by atoms with E-state index < -0.39 is 0 Å². The Balaban J connectivity index is 1.22. The molecule has 28 heavy (non-hydrogen) atoms. The first kappa shape index (κ1) is 18.6. The Morgan fingerprint density at radius 1 is 1.07 bits per heavy atom. The zero-order valence-electron chi connectivity index (χ0n) is 16.2. The number of ether oxygens (including phenoxy) is 2.